The van der Waals surface area contributed by atoms with Crippen molar-refractivity contribution in [2.45, 2.75) is 49.1 Å². The highest BCUT2D eigenvalue weighted by molar-refractivity contribution is 7.98. The molecule has 0 aliphatic heterocycles. The fourth-order valence-electron chi connectivity index (χ4n) is 2.89. The average Bonchev–Trinajstić information content (AvgIpc) is 3.09. The first kappa shape index (κ1) is 16.0. The molecule has 0 unspecified atom stereocenters. The molecule has 1 fully saturated rings. The summed E-state index contributed by atoms with van der Waals surface area (Å²) in [6.45, 7) is 0. The third-order valence-corrected chi connectivity index (χ3v) is 5.10. The summed E-state index contributed by atoms with van der Waals surface area (Å²) in [5.41, 5.74) is 1.62. The number of carbonyl (C=O) groups excluding carboxylic acids is 1. The number of hydrogen-bond acceptors (Lipinski definition) is 6. The number of hydrogen-bond donors (Lipinski definition) is 0. The molecule has 0 amide bonds. The first-order valence-electron chi connectivity index (χ1n) is 7.86. The highest BCUT2D eigenvalue weighted by atomic mass is 32.2. The van der Waals surface area contributed by atoms with E-state index < -0.39 is 0 Å². The minimum Gasteiger partial charge on any atom is -0.465 e. The molecule has 122 valence electrons. The van der Waals surface area contributed by atoms with E-state index in [0.29, 0.717) is 11.6 Å². The van der Waals surface area contributed by atoms with E-state index >= 15 is 0 Å². The second kappa shape index (κ2) is 7.59. The maximum Gasteiger partial charge on any atom is 0.337 e. The Morgan fingerprint density at radius 2 is 2.17 bits per heavy atom. The molecule has 0 N–H and O–H groups in total. The third kappa shape index (κ3) is 3.90. The van der Waals surface area contributed by atoms with Gasteiger partial charge in [-0.05, 0) is 41.0 Å². The molecule has 0 atom stereocenters. The smallest absolute Gasteiger partial charge is 0.337 e. The van der Waals surface area contributed by atoms with Gasteiger partial charge < -0.3 is 4.74 Å². The number of rotatable bonds is 5. The number of tetrazole rings is 1. The first-order chi connectivity index (χ1) is 11.3. The van der Waals surface area contributed by atoms with Crippen LogP contribution in [0.1, 0.15) is 54.1 Å². The molecule has 1 saturated carbocycles. The summed E-state index contributed by atoms with van der Waals surface area (Å²) in [4.78, 5) is 11.6. The highest BCUT2D eigenvalue weighted by Gasteiger charge is 2.20. The first-order valence-corrected chi connectivity index (χ1v) is 8.84. The Morgan fingerprint density at radius 3 is 2.96 bits per heavy atom. The normalized spacial score (nSPS) is 15.5. The van der Waals surface area contributed by atoms with Crippen molar-refractivity contribution < 1.29 is 9.53 Å². The van der Waals surface area contributed by atoms with E-state index in [1.54, 1.807) is 17.8 Å². The van der Waals surface area contributed by atoms with Gasteiger partial charge in [-0.3, -0.25) is 0 Å². The second-order valence-corrected chi connectivity index (χ2v) is 6.62. The summed E-state index contributed by atoms with van der Waals surface area (Å²) >= 11 is 1.60. The maximum atomic E-state index is 11.6. The van der Waals surface area contributed by atoms with Gasteiger partial charge in [0, 0.05) is 5.75 Å². The molecule has 0 radical (unpaired) electrons. The minimum atomic E-state index is -0.316. The number of benzene rings is 1. The molecule has 0 bridgehead atoms. The van der Waals surface area contributed by atoms with E-state index in [-0.39, 0.29) is 5.97 Å². The van der Waals surface area contributed by atoms with Crippen molar-refractivity contribution in [2.75, 3.05) is 7.11 Å². The summed E-state index contributed by atoms with van der Waals surface area (Å²) in [5.74, 6) is 0.404. The Labute approximate surface area is 139 Å². The number of carbonyl (C=O) groups is 1. The van der Waals surface area contributed by atoms with Gasteiger partial charge in [-0.15, -0.1) is 5.10 Å². The number of ether oxygens (including phenoxy) is 1. The van der Waals surface area contributed by atoms with Crippen LogP contribution in [0.2, 0.25) is 0 Å². The maximum absolute atomic E-state index is 11.6. The highest BCUT2D eigenvalue weighted by Crippen LogP contribution is 2.31. The van der Waals surface area contributed by atoms with Crippen LogP contribution in [0.4, 0.5) is 0 Å². The van der Waals surface area contributed by atoms with Crippen LogP contribution >= 0.6 is 11.8 Å². The van der Waals surface area contributed by atoms with Gasteiger partial charge in [-0.2, -0.15) is 0 Å². The largest absolute Gasteiger partial charge is 0.465 e. The van der Waals surface area contributed by atoms with Crippen LogP contribution in [-0.4, -0.2) is 33.3 Å². The van der Waals surface area contributed by atoms with Gasteiger partial charge in [0.1, 0.15) is 0 Å². The SMILES string of the molecule is COC(=O)c1cccc(CSc2nnnn2C2CCCCC2)c1. The average molecular weight is 332 g/mol. The molecule has 0 spiro atoms. The summed E-state index contributed by atoms with van der Waals surface area (Å²) < 4.78 is 6.72. The van der Waals surface area contributed by atoms with Gasteiger partial charge in [0.05, 0.1) is 18.7 Å². The summed E-state index contributed by atoms with van der Waals surface area (Å²) in [6, 6.07) is 7.89. The standard InChI is InChI=1S/C16H20N4O2S/c1-22-15(21)13-7-5-6-12(10-13)11-23-16-17-18-19-20(16)14-8-3-2-4-9-14/h5-7,10,14H,2-4,8-9,11H2,1H3. The molecule has 3 rings (SSSR count). The van der Waals surface area contributed by atoms with Gasteiger partial charge in [0.25, 0.3) is 0 Å². The predicted molar refractivity (Wildman–Crippen MR) is 87.3 cm³/mol. The number of nitrogens with zero attached hydrogens (tertiary/aromatic N) is 4. The van der Waals surface area contributed by atoms with E-state index in [4.69, 9.17) is 4.74 Å². The number of aromatic nitrogens is 4. The molecule has 23 heavy (non-hydrogen) atoms. The molecule has 6 nitrogen and oxygen atoms in total. The van der Waals surface area contributed by atoms with Crippen molar-refractivity contribution in [3.8, 4) is 0 Å². The van der Waals surface area contributed by atoms with Crippen LogP contribution in [0.5, 0.6) is 0 Å². The van der Waals surface area contributed by atoms with Gasteiger partial charge in [-0.1, -0.05) is 43.2 Å². The van der Waals surface area contributed by atoms with Crippen molar-refractivity contribution in [1.82, 2.24) is 20.2 Å². The Morgan fingerprint density at radius 1 is 1.35 bits per heavy atom. The van der Waals surface area contributed by atoms with E-state index in [9.17, 15) is 4.79 Å². The lowest BCUT2D eigenvalue weighted by Crippen LogP contribution is -2.15. The predicted octanol–water partition coefficient (Wildman–Crippen LogP) is 3.26. The van der Waals surface area contributed by atoms with Crippen molar-refractivity contribution >= 4 is 17.7 Å². The van der Waals surface area contributed by atoms with E-state index in [2.05, 4.69) is 15.5 Å². The number of thioether (sulfide) groups is 1. The van der Waals surface area contributed by atoms with Crippen LogP contribution in [0.15, 0.2) is 29.4 Å². The molecule has 1 heterocycles. The zero-order valence-corrected chi connectivity index (χ0v) is 14.0. The molecule has 1 aromatic carbocycles. The molecule has 1 aliphatic rings. The Hall–Kier alpha value is -1.89. The van der Waals surface area contributed by atoms with E-state index in [0.717, 1.165) is 29.3 Å². The Balaban J connectivity index is 1.67. The van der Waals surface area contributed by atoms with Crippen LogP contribution < -0.4 is 0 Å². The van der Waals surface area contributed by atoms with Crippen molar-refractivity contribution in [2.24, 2.45) is 0 Å². The molecule has 2 aromatic rings. The minimum absolute atomic E-state index is 0.316. The molecule has 1 aliphatic carbocycles. The zero-order chi connectivity index (χ0) is 16.1. The molecular weight excluding hydrogens is 312 g/mol. The van der Waals surface area contributed by atoms with Crippen LogP contribution in [0.25, 0.3) is 0 Å². The molecule has 1 aromatic heterocycles. The van der Waals surface area contributed by atoms with Gasteiger partial charge in [0.15, 0.2) is 0 Å². The van der Waals surface area contributed by atoms with Crippen LogP contribution in [0.3, 0.4) is 0 Å². The topological polar surface area (TPSA) is 69.9 Å². The Kier molecular flexibility index (Phi) is 5.27. The zero-order valence-electron chi connectivity index (χ0n) is 13.1. The summed E-state index contributed by atoms with van der Waals surface area (Å²) in [5, 5.41) is 13.0. The fraction of sp³-hybridized carbons (Fsp3) is 0.500. The van der Waals surface area contributed by atoms with Gasteiger partial charge >= 0.3 is 5.97 Å². The van der Waals surface area contributed by atoms with E-state index in [1.807, 2.05) is 22.9 Å². The van der Waals surface area contributed by atoms with E-state index in [1.165, 1.54) is 26.4 Å². The van der Waals surface area contributed by atoms with Crippen molar-refractivity contribution in [3.05, 3.63) is 35.4 Å². The Bertz CT molecular complexity index is 668. The summed E-state index contributed by atoms with van der Waals surface area (Å²) in [6.07, 6.45) is 6.10. The van der Waals surface area contributed by atoms with Gasteiger partial charge in [-0.25, -0.2) is 9.48 Å². The molecule has 0 saturated heterocycles. The van der Waals surface area contributed by atoms with Gasteiger partial charge in [0.2, 0.25) is 5.16 Å². The van der Waals surface area contributed by atoms with Crippen LogP contribution in [0, 0.1) is 0 Å². The lowest BCUT2D eigenvalue weighted by molar-refractivity contribution is 0.0600. The molecule has 7 heteroatoms. The lowest BCUT2D eigenvalue weighted by atomic mass is 9.96. The quantitative estimate of drug-likeness (QED) is 0.618. The van der Waals surface area contributed by atoms with Crippen molar-refractivity contribution in [1.29, 1.82) is 0 Å². The lowest BCUT2D eigenvalue weighted by Gasteiger charge is -2.21. The van der Waals surface area contributed by atoms with Crippen molar-refractivity contribution in [3.63, 3.8) is 0 Å². The summed E-state index contributed by atoms with van der Waals surface area (Å²) in [7, 11) is 1.39. The monoisotopic (exact) mass is 332 g/mol. The third-order valence-electron chi connectivity index (χ3n) is 4.10. The second-order valence-electron chi connectivity index (χ2n) is 5.68. The number of esters is 1. The molecular formula is C16H20N4O2S. The fourth-order valence-corrected chi connectivity index (χ4v) is 3.78. The van der Waals surface area contributed by atoms with Crippen LogP contribution in [-0.2, 0) is 10.5 Å². The number of methoxy groups -OCH3 is 1.